The highest BCUT2D eigenvalue weighted by Gasteiger charge is 2.03. The number of anilines is 1. The van der Waals surface area contributed by atoms with Crippen molar-refractivity contribution in [1.29, 1.82) is 0 Å². The summed E-state index contributed by atoms with van der Waals surface area (Å²) < 4.78 is 17.9. The molecule has 0 atom stereocenters. The molecule has 15 heavy (non-hydrogen) atoms. The summed E-state index contributed by atoms with van der Waals surface area (Å²) in [7, 11) is 1.93. The van der Waals surface area contributed by atoms with Gasteiger partial charge < -0.3 is 9.32 Å². The highest BCUT2D eigenvalue weighted by molar-refractivity contribution is 5.35. The molecule has 0 unspecified atom stereocenters. The van der Waals surface area contributed by atoms with Crippen LogP contribution in [0.1, 0.15) is 5.56 Å². The monoisotopic (exact) mass is 205 g/mol. The third-order valence-corrected chi connectivity index (χ3v) is 2.22. The van der Waals surface area contributed by atoms with Crippen LogP contribution in [0.2, 0.25) is 0 Å². The molecule has 78 valence electrons. The van der Waals surface area contributed by atoms with Gasteiger partial charge in [-0.15, -0.1) is 0 Å². The fourth-order valence-corrected chi connectivity index (χ4v) is 1.43. The topological polar surface area (TPSA) is 16.4 Å². The molecule has 0 amide bonds. The van der Waals surface area contributed by atoms with Gasteiger partial charge in [0, 0.05) is 19.7 Å². The molecule has 0 aliphatic heterocycles. The minimum absolute atomic E-state index is 0.209. The molecule has 0 N–H and O–H groups in total. The van der Waals surface area contributed by atoms with Crippen molar-refractivity contribution in [3.05, 3.63) is 54.0 Å². The van der Waals surface area contributed by atoms with Gasteiger partial charge in [0.05, 0.1) is 6.26 Å². The van der Waals surface area contributed by atoms with E-state index in [-0.39, 0.29) is 5.82 Å². The summed E-state index contributed by atoms with van der Waals surface area (Å²) in [5, 5.41) is 0. The SMILES string of the molecule is CN(Cc1ccc(F)cc1)c1ccco1. The summed E-state index contributed by atoms with van der Waals surface area (Å²) in [4.78, 5) is 1.97. The largest absolute Gasteiger partial charge is 0.449 e. The average Bonchev–Trinajstić information content (AvgIpc) is 2.74. The van der Waals surface area contributed by atoms with Gasteiger partial charge in [-0.05, 0) is 23.8 Å². The van der Waals surface area contributed by atoms with Gasteiger partial charge in [-0.25, -0.2) is 4.39 Å². The van der Waals surface area contributed by atoms with Crippen molar-refractivity contribution in [3.8, 4) is 0 Å². The van der Waals surface area contributed by atoms with E-state index in [1.807, 2.05) is 24.1 Å². The molecule has 2 nitrogen and oxygen atoms in total. The van der Waals surface area contributed by atoms with Gasteiger partial charge in [-0.2, -0.15) is 0 Å². The van der Waals surface area contributed by atoms with Gasteiger partial charge in [0.25, 0.3) is 0 Å². The lowest BCUT2D eigenvalue weighted by Gasteiger charge is -2.15. The Morgan fingerprint density at radius 3 is 2.53 bits per heavy atom. The second-order valence-electron chi connectivity index (χ2n) is 3.43. The van der Waals surface area contributed by atoms with Crippen LogP contribution in [0.3, 0.4) is 0 Å². The molecule has 1 aromatic carbocycles. The first kappa shape index (κ1) is 9.77. The lowest BCUT2D eigenvalue weighted by atomic mass is 10.2. The predicted molar refractivity (Wildman–Crippen MR) is 57.2 cm³/mol. The van der Waals surface area contributed by atoms with Crippen molar-refractivity contribution in [2.75, 3.05) is 11.9 Å². The molecule has 0 radical (unpaired) electrons. The average molecular weight is 205 g/mol. The van der Waals surface area contributed by atoms with Crippen molar-refractivity contribution < 1.29 is 8.81 Å². The predicted octanol–water partition coefficient (Wildman–Crippen LogP) is 3.06. The van der Waals surface area contributed by atoms with Crippen LogP contribution in [0.4, 0.5) is 10.3 Å². The smallest absolute Gasteiger partial charge is 0.195 e. The van der Waals surface area contributed by atoms with Crippen molar-refractivity contribution in [1.82, 2.24) is 0 Å². The number of hydrogen-bond acceptors (Lipinski definition) is 2. The molecule has 1 aromatic heterocycles. The van der Waals surface area contributed by atoms with Crippen LogP contribution in [-0.2, 0) is 6.54 Å². The zero-order valence-electron chi connectivity index (χ0n) is 8.48. The highest BCUT2D eigenvalue weighted by Crippen LogP contribution is 2.15. The van der Waals surface area contributed by atoms with E-state index in [0.29, 0.717) is 6.54 Å². The van der Waals surface area contributed by atoms with Crippen LogP contribution in [0, 0.1) is 5.82 Å². The van der Waals surface area contributed by atoms with Crippen LogP contribution in [-0.4, -0.2) is 7.05 Å². The molecule has 2 aromatic rings. The van der Waals surface area contributed by atoms with Gasteiger partial charge >= 0.3 is 0 Å². The Balaban J connectivity index is 2.06. The van der Waals surface area contributed by atoms with E-state index < -0.39 is 0 Å². The second-order valence-corrected chi connectivity index (χ2v) is 3.43. The van der Waals surface area contributed by atoms with Crippen molar-refractivity contribution in [2.24, 2.45) is 0 Å². The van der Waals surface area contributed by atoms with Gasteiger partial charge in [-0.3, -0.25) is 0 Å². The van der Waals surface area contributed by atoms with Crippen LogP contribution in [0.25, 0.3) is 0 Å². The maximum absolute atomic E-state index is 12.7. The Bertz CT molecular complexity index is 408. The van der Waals surface area contributed by atoms with Crippen LogP contribution in [0.15, 0.2) is 47.1 Å². The fourth-order valence-electron chi connectivity index (χ4n) is 1.43. The first-order chi connectivity index (χ1) is 7.25. The lowest BCUT2D eigenvalue weighted by molar-refractivity contribution is 0.554. The van der Waals surface area contributed by atoms with E-state index in [4.69, 9.17) is 4.42 Å². The Labute approximate surface area is 87.9 Å². The Hall–Kier alpha value is -1.77. The maximum Gasteiger partial charge on any atom is 0.195 e. The summed E-state index contributed by atoms with van der Waals surface area (Å²) in [6.45, 7) is 0.702. The zero-order valence-corrected chi connectivity index (χ0v) is 8.48. The molecule has 3 heteroatoms. The van der Waals surface area contributed by atoms with E-state index in [9.17, 15) is 4.39 Å². The van der Waals surface area contributed by atoms with Crippen LogP contribution in [0.5, 0.6) is 0 Å². The van der Waals surface area contributed by atoms with Crippen molar-refractivity contribution in [3.63, 3.8) is 0 Å². The molecule has 0 saturated heterocycles. The number of nitrogens with zero attached hydrogens (tertiary/aromatic N) is 1. The molecule has 0 spiro atoms. The number of furan rings is 1. The second kappa shape index (κ2) is 4.17. The summed E-state index contributed by atoms with van der Waals surface area (Å²) in [6, 6.07) is 10.2. The molecular weight excluding hydrogens is 193 g/mol. The fraction of sp³-hybridized carbons (Fsp3) is 0.167. The van der Waals surface area contributed by atoms with E-state index in [2.05, 4.69) is 0 Å². The van der Waals surface area contributed by atoms with Gasteiger partial charge in [0.2, 0.25) is 0 Å². The number of hydrogen-bond donors (Lipinski definition) is 0. The Morgan fingerprint density at radius 2 is 1.93 bits per heavy atom. The summed E-state index contributed by atoms with van der Waals surface area (Å²) in [5.41, 5.74) is 1.05. The first-order valence-electron chi connectivity index (χ1n) is 4.75. The molecule has 2 rings (SSSR count). The molecule has 0 fully saturated rings. The van der Waals surface area contributed by atoms with E-state index >= 15 is 0 Å². The minimum atomic E-state index is -0.209. The van der Waals surface area contributed by atoms with E-state index in [1.54, 1.807) is 18.4 Å². The van der Waals surface area contributed by atoms with Crippen molar-refractivity contribution in [2.45, 2.75) is 6.54 Å². The number of benzene rings is 1. The van der Waals surface area contributed by atoms with Gasteiger partial charge in [0.1, 0.15) is 5.82 Å². The van der Waals surface area contributed by atoms with Crippen LogP contribution < -0.4 is 4.90 Å². The number of rotatable bonds is 3. The number of halogens is 1. The first-order valence-corrected chi connectivity index (χ1v) is 4.75. The van der Waals surface area contributed by atoms with E-state index in [1.165, 1.54) is 12.1 Å². The van der Waals surface area contributed by atoms with Crippen molar-refractivity contribution >= 4 is 5.88 Å². The standard InChI is InChI=1S/C12H12FNO/c1-14(12-3-2-8-15-12)9-10-4-6-11(13)7-5-10/h2-8H,9H2,1H3. The third kappa shape index (κ3) is 2.37. The van der Waals surface area contributed by atoms with Crippen LogP contribution >= 0.6 is 0 Å². The molecule has 0 bridgehead atoms. The minimum Gasteiger partial charge on any atom is -0.449 e. The summed E-state index contributed by atoms with van der Waals surface area (Å²) in [5.74, 6) is 0.596. The van der Waals surface area contributed by atoms with Gasteiger partial charge in [-0.1, -0.05) is 12.1 Å². The van der Waals surface area contributed by atoms with Gasteiger partial charge in [0.15, 0.2) is 5.88 Å². The zero-order chi connectivity index (χ0) is 10.7. The molecule has 0 aliphatic rings. The lowest BCUT2D eigenvalue weighted by Crippen LogP contribution is -2.15. The Morgan fingerprint density at radius 1 is 1.20 bits per heavy atom. The Kier molecular flexibility index (Phi) is 2.72. The molecule has 0 aliphatic carbocycles. The maximum atomic E-state index is 12.7. The highest BCUT2D eigenvalue weighted by atomic mass is 19.1. The summed E-state index contributed by atoms with van der Waals surface area (Å²) >= 11 is 0. The van der Waals surface area contributed by atoms with E-state index in [0.717, 1.165) is 11.4 Å². The quantitative estimate of drug-likeness (QED) is 0.765. The normalized spacial score (nSPS) is 10.3. The third-order valence-electron chi connectivity index (χ3n) is 2.22. The summed E-state index contributed by atoms with van der Waals surface area (Å²) in [6.07, 6.45) is 1.64. The molecule has 1 heterocycles. The molecular formula is C12H12FNO. The molecule has 0 saturated carbocycles.